The van der Waals surface area contributed by atoms with Gasteiger partial charge in [0.1, 0.15) is 0 Å². The molecular formula is C20H25N5O4S. The number of guanidine groups is 1. The minimum atomic E-state index is -1.04. The number of aliphatic imine (C=N–C) groups is 1. The van der Waals surface area contributed by atoms with Crippen LogP contribution < -0.4 is 16.5 Å². The van der Waals surface area contributed by atoms with Gasteiger partial charge in [0.2, 0.25) is 5.91 Å². The third-order valence-corrected chi connectivity index (χ3v) is 5.67. The van der Waals surface area contributed by atoms with E-state index in [0.717, 1.165) is 18.5 Å². The molecule has 10 heteroatoms. The van der Waals surface area contributed by atoms with Crippen molar-refractivity contribution in [3.63, 3.8) is 0 Å². The second-order valence-corrected chi connectivity index (χ2v) is 7.72. The number of anilines is 2. The molecule has 1 saturated heterocycles. The molecule has 1 amide bonds. The van der Waals surface area contributed by atoms with Crippen molar-refractivity contribution in [1.29, 1.82) is 0 Å². The second-order valence-electron chi connectivity index (χ2n) is 6.98. The molecule has 2 aromatic rings. The van der Waals surface area contributed by atoms with E-state index in [9.17, 15) is 9.59 Å². The maximum absolute atomic E-state index is 12.3. The van der Waals surface area contributed by atoms with Gasteiger partial charge in [-0.25, -0.2) is 9.79 Å². The molecule has 5 N–H and O–H groups in total. The first-order valence-electron chi connectivity index (χ1n) is 9.54. The summed E-state index contributed by atoms with van der Waals surface area (Å²) < 4.78 is 0. The SMILES string of the molecule is CONc1ccccc1N=C(N)N1CCC(CC(=O)Nc2cscc2C(=O)O)CC1. The number of hydrogen-bond donors (Lipinski definition) is 4. The Kier molecular flexibility index (Phi) is 7.26. The number of nitrogens with zero attached hydrogens (tertiary/aromatic N) is 2. The van der Waals surface area contributed by atoms with E-state index in [2.05, 4.69) is 15.8 Å². The van der Waals surface area contributed by atoms with Gasteiger partial charge in [-0.2, -0.15) is 0 Å². The van der Waals surface area contributed by atoms with Gasteiger partial charge in [-0.3, -0.25) is 15.1 Å². The number of carbonyl (C=O) groups excluding carboxylic acids is 1. The van der Waals surface area contributed by atoms with Gasteiger partial charge in [0.05, 0.1) is 29.7 Å². The first kappa shape index (κ1) is 21.6. The van der Waals surface area contributed by atoms with E-state index in [1.165, 1.54) is 23.8 Å². The number of thiophene rings is 1. The summed E-state index contributed by atoms with van der Waals surface area (Å²) >= 11 is 1.25. The van der Waals surface area contributed by atoms with Crippen LogP contribution in [-0.4, -0.2) is 48.0 Å². The lowest BCUT2D eigenvalue weighted by molar-refractivity contribution is -0.117. The molecule has 0 bridgehead atoms. The van der Waals surface area contributed by atoms with E-state index < -0.39 is 5.97 Å². The van der Waals surface area contributed by atoms with Gasteiger partial charge in [0.25, 0.3) is 0 Å². The van der Waals surface area contributed by atoms with Crippen LogP contribution in [0.5, 0.6) is 0 Å². The van der Waals surface area contributed by atoms with Gasteiger partial charge in [-0.1, -0.05) is 12.1 Å². The zero-order valence-corrected chi connectivity index (χ0v) is 17.4. The van der Waals surface area contributed by atoms with Gasteiger partial charge in [0, 0.05) is 30.3 Å². The fourth-order valence-corrected chi connectivity index (χ4v) is 4.10. The van der Waals surface area contributed by atoms with Crippen LogP contribution in [0.3, 0.4) is 0 Å². The van der Waals surface area contributed by atoms with E-state index in [1.807, 2.05) is 29.2 Å². The third kappa shape index (κ3) is 5.49. The maximum atomic E-state index is 12.3. The molecule has 160 valence electrons. The molecule has 1 aliphatic heterocycles. The molecule has 0 radical (unpaired) electrons. The van der Waals surface area contributed by atoms with Gasteiger partial charge in [-0.15, -0.1) is 11.3 Å². The molecule has 0 atom stereocenters. The summed E-state index contributed by atoms with van der Waals surface area (Å²) in [6, 6.07) is 7.45. The number of carbonyl (C=O) groups is 2. The number of piperidine rings is 1. The Bertz CT molecular complexity index is 921. The number of nitrogens with one attached hydrogen (secondary N) is 2. The van der Waals surface area contributed by atoms with Crippen LogP contribution in [0, 0.1) is 5.92 Å². The highest BCUT2D eigenvalue weighted by molar-refractivity contribution is 7.08. The zero-order chi connectivity index (χ0) is 21.5. The molecule has 0 saturated carbocycles. The molecule has 9 nitrogen and oxygen atoms in total. The average molecular weight is 432 g/mol. The summed E-state index contributed by atoms with van der Waals surface area (Å²) in [4.78, 5) is 35.0. The van der Waals surface area contributed by atoms with Crippen LogP contribution >= 0.6 is 11.3 Å². The van der Waals surface area contributed by atoms with E-state index in [0.29, 0.717) is 36.8 Å². The van der Waals surface area contributed by atoms with E-state index in [4.69, 9.17) is 15.7 Å². The van der Waals surface area contributed by atoms with Crippen LogP contribution in [0.4, 0.5) is 17.1 Å². The Balaban J connectivity index is 1.52. The summed E-state index contributed by atoms with van der Waals surface area (Å²) in [6.45, 7) is 1.40. The van der Waals surface area contributed by atoms with Crippen LogP contribution in [0.25, 0.3) is 0 Å². The number of hydrogen-bond acceptors (Lipinski definition) is 6. The van der Waals surface area contributed by atoms with Crippen molar-refractivity contribution in [3.8, 4) is 0 Å². The van der Waals surface area contributed by atoms with E-state index >= 15 is 0 Å². The van der Waals surface area contributed by atoms with Crippen molar-refractivity contribution in [2.45, 2.75) is 19.3 Å². The first-order chi connectivity index (χ1) is 14.5. The van der Waals surface area contributed by atoms with Crippen molar-refractivity contribution < 1.29 is 19.5 Å². The van der Waals surface area contributed by atoms with Crippen LogP contribution in [0.15, 0.2) is 40.0 Å². The third-order valence-electron chi connectivity index (χ3n) is 4.93. The number of benzene rings is 1. The quantitative estimate of drug-likeness (QED) is 0.301. The summed E-state index contributed by atoms with van der Waals surface area (Å²) in [5.41, 5.74) is 10.9. The lowest BCUT2D eigenvalue weighted by Crippen LogP contribution is -2.43. The lowest BCUT2D eigenvalue weighted by Gasteiger charge is -2.32. The fourth-order valence-electron chi connectivity index (χ4n) is 3.35. The monoisotopic (exact) mass is 431 g/mol. The summed E-state index contributed by atoms with van der Waals surface area (Å²) in [6.07, 6.45) is 1.95. The first-order valence-corrected chi connectivity index (χ1v) is 10.5. The van der Waals surface area contributed by atoms with Crippen LogP contribution in [0.2, 0.25) is 0 Å². The van der Waals surface area contributed by atoms with Gasteiger partial charge < -0.3 is 21.1 Å². The molecule has 1 aromatic heterocycles. The predicted molar refractivity (Wildman–Crippen MR) is 117 cm³/mol. The highest BCUT2D eigenvalue weighted by Gasteiger charge is 2.23. The predicted octanol–water partition coefficient (Wildman–Crippen LogP) is 3.11. The molecule has 3 rings (SSSR count). The van der Waals surface area contributed by atoms with Crippen molar-refractivity contribution >= 4 is 46.2 Å². The average Bonchev–Trinajstić information content (AvgIpc) is 3.18. The molecular weight excluding hydrogens is 406 g/mol. The number of rotatable bonds is 7. The smallest absolute Gasteiger partial charge is 0.338 e. The van der Waals surface area contributed by atoms with Crippen molar-refractivity contribution in [3.05, 3.63) is 40.6 Å². The normalized spacial score (nSPS) is 15.1. The fraction of sp³-hybridized carbons (Fsp3) is 0.350. The minimum absolute atomic E-state index is 0.121. The Morgan fingerprint density at radius 1 is 1.27 bits per heavy atom. The number of likely N-dealkylation sites (tertiary alicyclic amines) is 1. The van der Waals surface area contributed by atoms with Crippen LogP contribution in [0.1, 0.15) is 29.6 Å². The van der Waals surface area contributed by atoms with Crippen molar-refractivity contribution in [1.82, 2.24) is 4.90 Å². The minimum Gasteiger partial charge on any atom is -0.478 e. The number of nitrogens with two attached hydrogens (primary N) is 1. The van der Waals surface area contributed by atoms with Gasteiger partial charge >= 0.3 is 5.97 Å². The highest BCUT2D eigenvalue weighted by atomic mass is 32.1. The standard InChI is InChI=1S/C20H25N5O4S/c1-29-24-16-5-3-2-4-15(16)23-20(21)25-8-6-13(7-9-25)10-18(26)22-17-12-30-11-14(17)19(27)28/h2-5,11-13,24H,6-10H2,1H3,(H2,21,23)(H,22,26)(H,27,28). The van der Waals surface area contributed by atoms with Gasteiger partial charge in [-0.05, 0) is 30.9 Å². The number of amides is 1. The van der Waals surface area contributed by atoms with E-state index in [1.54, 1.807) is 5.38 Å². The summed E-state index contributed by atoms with van der Waals surface area (Å²) in [5, 5.41) is 15.0. The highest BCUT2D eigenvalue weighted by Crippen LogP contribution is 2.26. The van der Waals surface area contributed by atoms with Crippen LogP contribution in [-0.2, 0) is 9.63 Å². The van der Waals surface area contributed by atoms with E-state index in [-0.39, 0.29) is 17.4 Å². The maximum Gasteiger partial charge on any atom is 0.338 e. The Morgan fingerprint density at radius 2 is 2.00 bits per heavy atom. The number of aromatic carboxylic acids is 1. The molecule has 0 spiro atoms. The molecule has 1 fully saturated rings. The molecule has 1 aromatic carbocycles. The van der Waals surface area contributed by atoms with Gasteiger partial charge in [0.15, 0.2) is 5.96 Å². The summed E-state index contributed by atoms with van der Waals surface area (Å²) in [5.74, 6) is -0.580. The number of carboxylic acid groups (broad SMARTS) is 1. The zero-order valence-electron chi connectivity index (χ0n) is 16.6. The Hall–Kier alpha value is -3.11. The van der Waals surface area contributed by atoms with Crippen molar-refractivity contribution in [2.24, 2.45) is 16.6 Å². The van der Waals surface area contributed by atoms with Crippen molar-refractivity contribution in [2.75, 3.05) is 31.0 Å². The Labute approximate surface area is 178 Å². The number of para-hydroxylation sites is 2. The second kappa shape index (κ2) is 10.1. The largest absolute Gasteiger partial charge is 0.478 e. The Morgan fingerprint density at radius 3 is 2.70 bits per heavy atom. The molecule has 1 aliphatic rings. The summed E-state index contributed by atoms with van der Waals surface area (Å²) in [7, 11) is 1.53. The number of carboxylic acids is 1. The molecule has 30 heavy (non-hydrogen) atoms. The topological polar surface area (TPSA) is 129 Å². The lowest BCUT2D eigenvalue weighted by atomic mass is 9.93. The molecule has 2 heterocycles. The molecule has 0 aliphatic carbocycles. The molecule has 0 unspecified atom stereocenters.